The molecule has 0 spiro atoms. The summed E-state index contributed by atoms with van der Waals surface area (Å²) in [4.78, 5) is 15.8. The van der Waals surface area contributed by atoms with Gasteiger partial charge in [0.2, 0.25) is 0 Å². The zero-order chi connectivity index (χ0) is 23.8. The van der Waals surface area contributed by atoms with Crippen molar-refractivity contribution in [3.05, 3.63) is 101 Å². The third-order valence-electron chi connectivity index (χ3n) is 6.14. The van der Waals surface area contributed by atoms with E-state index < -0.39 is 6.03 Å². The van der Waals surface area contributed by atoms with Crippen LogP contribution in [0.4, 0.5) is 4.79 Å². The second-order valence-electron chi connectivity index (χ2n) is 8.45. The summed E-state index contributed by atoms with van der Waals surface area (Å²) in [5.74, 6) is 0.827. The van der Waals surface area contributed by atoms with Crippen molar-refractivity contribution in [1.29, 1.82) is 0 Å². The summed E-state index contributed by atoms with van der Waals surface area (Å²) < 4.78 is 5.93. The van der Waals surface area contributed by atoms with Gasteiger partial charge in [-0.3, -0.25) is 9.80 Å². The Morgan fingerprint density at radius 1 is 0.912 bits per heavy atom. The van der Waals surface area contributed by atoms with Crippen LogP contribution < -0.4 is 15.8 Å². The molecule has 7 heteroatoms. The fourth-order valence-electron chi connectivity index (χ4n) is 4.32. The molecule has 1 heterocycles. The van der Waals surface area contributed by atoms with Crippen molar-refractivity contribution >= 4 is 17.6 Å². The first kappa shape index (κ1) is 24.1. The molecule has 0 radical (unpaired) electrons. The molecule has 0 bridgehead atoms. The summed E-state index contributed by atoms with van der Waals surface area (Å²) in [6.07, 6.45) is 0. The van der Waals surface area contributed by atoms with Gasteiger partial charge in [-0.2, -0.15) is 0 Å². The first-order valence-electron chi connectivity index (χ1n) is 11.6. The van der Waals surface area contributed by atoms with Gasteiger partial charge in [0.1, 0.15) is 12.4 Å². The van der Waals surface area contributed by atoms with Crippen LogP contribution in [0, 0.1) is 0 Å². The van der Waals surface area contributed by atoms with Crippen molar-refractivity contribution in [2.45, 2.75) is 12.6 Å². The minimum atomic E-state index is -0.524. The normalized spacial score (nSPS) is 15.6. The number of amides is 2. The monoisotopic (exact) mass is 478 g/mol. The van der Waals surface area contributed by atoms with Gasteiger partial charge in [-0.1, -0.05) is 66.2 Å². The highest BCUT2D eigenvalue weighted by molar-refractivity contribution is 6.30. The topological polar surface area (TPSA) is 70.8 Å². The number of carbonyl (C=O) groups is 1. The molecule has 1 saturated heterocycles. The van der Waals surface area contributed by atoms with Crippen molar-refractivity contribution < 1.29 is 9.53 Å². The van der Waals surface area contributed by atoms with E-state index in [0.717, 1.165) is 49.1 Å². The van der Waals surface area contributed by atoms with Crippen LogP contribution in [0.1, 0.15) is 22.7 Å². The number of nitrogens with zero attached hydrogens (tertiary/aromatic N) is 2. The fourth-order valence-corrected chi connectivity index (χ4v) is 4.45. The van der Waals surface area contributed by atoms with Gasteiger partial charge < -0.3 is 15.8 Å². The predicted molar refractivity (Wildman–Crippen MR) is 136 cm³/mol. The number of hydrogen-bond donors (Lipinski definition) is 2. The SMILES string of the molecule is NC(=O)NCc1ccc(OCCN2CCN([C@H](c3ccccc3)c3ccc(Cl)cc3)CC2)cc1. The Morgan fingerprint density at radius 2 is 1.56 bits per heavy atom. The molecule has 1 atom stereocenters. The van der Waals surface area contributed by atoms with Crippen LogP contribution in [0.15, 0.2) is 78.9 Å². The van der Waals surface area contributed by atoms with Crippen molar-refractivity contribution in [2.75, 3.05) is 39.3 Å². The molecule has 1 aliphatic heterocycles. The van der Waals surface area contributed by atoms with Gasteiger partial charge in [0.05, 0.1) is 6.04 Å². The third kappa shape index (κ3) is 6.73. The summed E-state index contributed by atoms with van der Waals surface area (Å²) in [6.45, 7) is 5.91. The Labute approximate surface area is 206 Å². The summed E-state index contributed by atoms with van der Waals surface area (Å²) in [7, 11) is 0. The van der Waals surface area contributed by atoms with E-state index in [0.29, 0.717) is 13.2 Å². The molecule has 1 fully saturated rings. The second-order valence-corrected chi connectivity index (χ2v) is 8.89. The highest BCUT2D eigenvalue weighted by Gasteiger charge is 2.26. The average molecular weight is 479 g/mol. The minimum absolute atomic E-state index is 0.222. The molecule has 0 saturated carbocycles. The van der Waals surface area contributed by atoms with E-state index >= 15 is 0 Å². The summed E-state index contributed by atoms with van der Waals surface area (Å²) in [6, 6.07) is 26.3. The number of halogens is 1. The average Bonchev–Trinajstić information content (AvgIpc) is 2.86. The van der Waals surface area contributed by atoms with E-state index in [2.05, 4.69) is 57.6 Å². The number of benzene rings is 3. The van der Waals surface area contributed by atoms with E-state index in [9.17, 15) is 4.79 Å². The lowest BCUT2D eigenvalue weighted by Gasteiger charge is -2.39. The molecule has 178 valence electrons. The quantitative estimate of drug-likeness (QED) is 0.481. The number of ether oxygens (including phenoxy) is 1. The number of rotatable bonds is 9. The minimum Gasteiger partial charge on any atom is -0.492 e. The molecule has 3 N–H and O–H groups in total. The number of urea groups is 1. The number of piperazine rings is 1. The van der Waals surface area contributed by atoms with Crippen LogP contribution in [0.25, 0.3) is 0 Å². The van der Waals surface area contributed by atoms with Gasteiger partial charge in [0.25, 0.3) is 0 Å². The van der Waals surface area contributed by atoms with Crippen LogP contribution in [0.2, 0.25) is 5.02 Å². The van der Waals surface area contributed by atoms with E-state index in [1.54, 1.807) is 0 Å². The fraction of sp³-hybridized carbons (Fsp3) is 0.296. The maximum atomic E-state index is 10.8. The molecule has 1 aliphatic rings. The standard InChI is InChI=1S/C27H31ClN4O2/c28-24-10-8-23(9-11-24)26(22-4-2-1-3-5-22)32-16-14-31(15-17-32)18-19-34-25-12-6-21(7-13-25)20-30-27(29)33/h1-13,26H,14-20H2,(H3,29,30,33)/t26-/m1/s1. The Kier molecular flexibility index (Phi) is 8.41. The first-order chi connectivity index (χ1) is 16.6. The Morgan fingerprint density at radius 3 is 2.21 bits per heavy atom. The summed E-state index contributed by atoms with van der Waals surface area (Å²) >= 11 is 6.14. The maximum absolute atomic E-state index is 10.8. The molecule has 3 aromatic rings. The Balaban J connectivity index is 1.28. The molecule has 0 aliphatic carbocycles. The van der Waals surface area contributed by atoms with Crippen LogP contribution in [0.5, 0.6) is 5.75 Å². The van der Waals surface area contributed by atoms with Gasteiger partial charge in [0, 0.05) is 44.3 Å². The van der Waals surface area contributed by atoms with Gasteiger partial charge in [-0.15, -0.1) is 0 Å². The lowest BCUT2D eigenvalue weighted by Crippen LogP contribution is -2.48. The lowest BCUT2D eigenvalue weighted by atomic mass is 9.96. The van der Waals surface area contributed by atoms with E-state index in [1.165, 1.54) is 11.1 Å². The molecular formula is C27H31ClN4O2. The lowest BCUT2D eigenvalue weighted by molar-refractivity contribution is 0.0977. The number of nitrogens with two attached hydrogens (primary N) is 1. The maximum Gasteiger partial charge on any atom is 0.312 e. The molecule has 0 aromatic heterocycles. The molecule has 34 heavy (non-hydrogen) atoms. The van der Waals surface area contributed by atoms with Crippen LogP contribution in [-0.2, 0) is 6.54 Å². The second kappa shape index (κ2) is 11.9. The van der Waals surface area contributed by atoms with Gasteiger partial charge in [0.15, 0.2) is 0 Å². The van der Waals surface area contributed by atoms with Crippen molar-refractivity contribution in [3.63, 3.8) is 0 Å². The number of primary amides is 1. The van der Waals surface area contributed by atoms with E-state index in [4.69, 9.17) is 22.1 Å². The zero-order valence-electron chi connectivity index (χ0n) is 19.2. The summed E-state index contributed by atoms with van der Waals surface area (Å²) in [5.41, 5.74) is 8.66. The van der Waals surface area contributed by atoms with Crippen LogP contribution in [-0.4, -0.2) is 55.2 Å². The molecular weight excluding hydrogens is 448 g/mol. The number of nitrogens with one attached hydrogen (secondary N) is 1. The first-order valence-corrected chi connectivity index (χ1v) is 12.0. The largest absolute Gasteiger partial charge is 0.492 e. The molecule has 2 amide bonds. The smallest absolute Gasteiger partial charge is 0.312 e. The molecule has 6 nitrogen and oxygen atoms in total. The van der Waals surface area contributed by atoms with Crippen LogP contribution in [0.3, 0.4) is 0 Å². The Hall–Kier alpha value is -3.06. The highest BCUT2D eigenvalue weighted by Crippen LogP contribution is 2.30. The molecule has 3 aromatic carbocycles. The third-order valence-corrected chi connectivity index (χ3v) is 6.39. The van der Waals surface area contributed by atoms with Crippen LogP contribution >= 0.6 is 11.6 Å². The van der Waals surface area contributed by atoms with Crippen molar-refractivity contribution in [1.82, 2.24) is 15.1 Å². The molecule has 0 unspecified atom stereocenters. The van der Waals surface area contributed by atoms with Crippen molar-refractivity contribution in [3.8, 4) is 5.75 Å². The van der Waals surface area contributed by atoms with Crippen molar-refractivity contribution in [2.24, 2.45) is 5.73 Å². The predicted octanol–water partition coefficient (Wildman–Crippen LogP) is 4.29. The van der Waals surface area contributed by atoms with Gasteiger partial charge in [-0.05, 0) is 41.0 Å². The Bertz CT molecular complexity index is 1040. The summed E-state index contributed by atoms with van der Waals surface area (Å²) in [5, 5.41) is 3.35. The molecule has 4 rings (SSSR count). The van der Waals surface area contributed by atoms with Gasteiger partial charge in [-0.25, -0.2) is 4.79 Å². The zero-order valence-corrected chi connectivity index (χ0v) is 20.0. The number of hydrogen-bond acceptors (Lipinski definition) is 4. The number of carbonyl (C=O) groups excluding carboxylic acids is 1. The highest BCUT2D eigenvalue weighted by atomic mass is 35.5. The van der Waals surface area contributed by atoms with Gasteiger partial charge >= 0.3 is 6.03 Å². The van der Waals surface area contributed by atoms with E-state index in [1.807, 2.05) is 36.4 Å². The van der Waals surface area contributed by atoms with E-state index in [-0.39, 0.29) is 6.04 Å².